The number of aromatic nitrogens is 1. The van der Waals surface area contributed by atoms with Gasteiger partial charge >= 0.3 is 0 Å². The number of hydrogen-bond donors (Lipinski definition) is 1. The van der Waals surface area contributed by atoms with E-state index in [0.29, 0.717) is 17.3 Å². The van der Waals surface area contributed by atoms with Gasteiger partial charge < -0.3 is 5.32 Å². The Balaban J connectivity index is 1.92. The minimum atomic E-state index is -0.453. The van der Waals surface area contributed by atoms with Gasteiger partial charge in [0.2, 0.25) is 0 Å². The standard InChI is InChI=1S/C16H11Cl2FN2/c17-12-7-6-10(16-11(12)3-2-8-20-16)9-21-14-5-1-4-13(18)15(14)19/h1-8,21H,9H2. The first kappa shape index (κ1) is 14.1. The summed E-state index contributed by atoms with van der Waals surface area (Å²) in [6.45, 7) is 0.432. The van der Waals surface area contributed by atoms with Crippen molar-refractivity contribution in [3.63, 3.8) is 0 Å². The summed E-state index contributed by atoms with van der Waals surface area (Å²) in [5, 5.41) is 4.66. The fourth-order valence-corrected chi connectivity index (χ4v) is 2.56. The number of hydrogen-bond acceptors (Lipinski definition) is 2. The van der Waals surface area contributed by atoms with Crippen LogP contribution in [0.2, 0.25) is 10.0 Å². The molecule has 0 aliphatic carbocycles. The molecule has 0 aliphatic heterocycles. The van der Waals surface area contributed by atoms with E-state index in [-0.39, 0.29) is 5.02 Å². The van der Waals surface area contributed by atoms with Crippen molar-refractivity contribution >= 4 is 39.8 Å². The van der Waals surface area contributed by atoms with Crippen molar-refractivity contribution in [3.8, 4) is 0 Å². The molecule has 3 rings (SSSR count). The van der Waals surface area contributed by atoms with Crippen LogP contribution in [-0.4, -0.2) is 4.98 Å². The molecule has 1 heterocycles. The fraction of sp³-hybridized carbons (Fsp3) is 0.0625. The molecule has 2 nitrogen and oxygen atoms in total. The van der Waals surface area contributed by atoms with Gasteiger partial charge in [-0.25, -0.2) is 4.39 Å². The minimum absolute atomic E-state index is 0.0964. The Bertz CT molecular complexity index is 805. The average molecular weight is 321 g/mol. The Kier molecular flexibility index (Phi) is 3.95. The van der Waals surface area contributed by atoms with Gasteiger partial charge in [0.15, 0.2) is 5.82 Å². The lowest BCUT2D eigenvalue weighted by Crippen LogP contribution is -2.03. The van der Waals surface area contributed by atoms with Gasteiger partial charge in [0, 0.05) is 23.2 Å². The summed E-state index contributed by atoms with van der Waals surface area (Å²) in [7, 11) is 0. The van der Waals surface area contributed by atoms with Crippen LogP contribution < -0.4 is 5.32 Å². The van der Waals surface area contributed by atoms with Gasteiger partial charge in [-0.15, -0.1) is 0 Å². The predicted octanol–water partition coefficient (Wildman–Crippen LogP) is 5.29. The van der Waals surface area contributed by atoms with Crippen LogP contribution in [0, 0.1) is 5.82 Å². The van der Waals surface area contributed by atoms with E-state index in [1.54, 1.807) is 18.3 Å². The van der Waals surface area contributed by atoms with Crippen LogP contribution in [0.25, 0.3) is 10.9 Å². The van der Waals surface area contributed by atoms with Gasteiger partial charge in [0.1, 0.15) is 0 Å². The van der Waals surface area contributed by atoms with Crippen LogP contribution in [0.1, 0.15) is 5.56 Å². The molecule has 0 fully saturated rings. The molecule has 0 aliphatic rings. The van der Waals surface area contributed by atoms with Crippen molar-refractivity contribution in [2.75, 3.05) is 5.32 Å². The summed E-state index contributed by atoms with van der Waals surface area (Å²) in [6.07, 6.45) is 1.71. The maximum absolute atomic E-state index is 13.9. The first-order valence-electron chi connectivity index (χ1n) is 6.37. The van der Waals surface area contributed by atoms with Crippen molar-refractivity contribution < 1.29 is 4.39 Å². The Labute approximate surface area is 131 Å². The van der Waals surface area contributed by atoms with Crippen LogP contribution in [0.4, 0.5) is 10.1 Å². The Hall–Kier alpha value is -1.84. The number of nitrogens with zero attached hydrogens (tertiary/aromatic N) is 1. The molecule has 21 heavy (non-hydrogen) atoms. The molecule has 0 amide bonds. The Morgan fingerprint density at radius 1 is 1.00 bits per heavy atom. The summed E-state index contributed by atoms with van der Waals surface area (Å²) in [6, 6.07) is 12.3. The molecule has 1 N–H and O–H groups in total. The molecule has 0 saturated carbocycles. The summed E-state index contributed by atoms with van der Waals surface area (Å²) in [4.78, 5) is 4.35. The lowest BCUT2D eigenvalue weighted by molar-refractivity contribution is 0.630. The van der Waals surface area contributed by atoms with Crippen molar-refractivity contribution in [1.82, 2.24) is 4.98 Å². The highest BCUT2D eigenvalue weighted by Gasteiger charge is 2.08. The summed E-state index contributed by atoms with van der Waals surface area (Å²) < 4.78 is 13.9. The van der Waals surface area contributed by atoms with Crippen molar-refractivity contribution in [2.45, 2.75) is 6.54 Å². The van der Waals surface area contributed by atoms with Gasteiger partial charge in [0.25, 0.3) is 0 Å². The predicted molar refractivity (Wildman–Crippen MR) is 85.5 cm³/mol. The van der Waals surface area contributed by atoms with Crippen LogP contribution in [0.15, 0.2) is 48.7 Å². The van der Waals surface area contributed by atoms with Crippen molar-refractivity contribution in [2.24, 2.45) is 0 Å². The molecular formula is C16H11Cl2FN2. The monoisotopic (exact) mass is 320 g/mol. The number of rotatable bonds is 3. The SMILES string of the molecule is Fc1c(Cl)cccc1NCc1ccc(Cl)c2cccnc12. The summed E-state index contributed by atoms with van der Waals surface area (Å²) in [5.74, 6) is -0.453. The molecule has 0 saturated heterocycles. The number of halogens is 3. The molecule has 5 heteroatoms. The van der Waals surface area contributed by atoms with E-state index in [1.807, 2.05) is 24.3 Å². The van der Waals surface area contributed by atoms with Gasteiger partial charge in [-0.2, -0.15) is 0 Å². The quantitative estimate of drug-likeness (QED) is 0.709. The third-order valence-corrected chi connectivity index (χ3v) is 3.84. The zero-order valence-electron chi connectivity index (χ0n) is 10.9. The number of fused-ring (bicyclic) bond motifs is 1. The highest BCUT2D eigenvalue weighted by Crippen LogP contribution is 2.26. The van der Waals surface area contributed by atoms with E-state index in [2.05, 4.69) is 10.3 Å². The second-order valence-electron chi connectivity index (χ2n) is 4.56. The van der Waals surface area contributed by atoms with E-state index in [0.717, 1.165) is 16.5 Å². The van der Waals surface area contributed by atoms with Crippen LogP contribution >= 0.6 is 23.2 Å². The van der Waals surface area contributed by atoms with E-state index in [1.165, 1.54) is 6.07 Å². The van der Waals surface area contributed by atoms with E-state index >= 15 is 0 Å². The third kappa shape index (κ3) is 2.80. The zero-order chi connectivity index (χ0) is 14.8. The average Bonchev–Trinajstić information content (AvgIpc) is 2.51. The minimum Gasteiger partial charge on any atom is -0.378 e. The topological polar surface area (TPSA) is 24.9 Å². The maximum atomic E-state index is 13.9. The van der Waals surface area contributed by atoms with Crippen molar-refractivity contribution in [3.05, 3.63) is 70.1 Å². The van der Waals surface area contributed by atoms with Gasteiger partial charge in [-0.1, -0.05) is 35.3 Å². The maximum Gasteiger partial charge on any atom is 0.164 e. The first-order valence-corrected chi connectivity index (χ1v) is 7.12. The number of benzene rings is 2. The van der Waals surface area contributed by atoms with Gasteiger partial charge in [-0.05, 0) is 35.9 Å². The second kappa shape index (κ2) is 5.88. The zero-order valence-corrected chi connectivity index (χ0v) is 12.4. The van der Waals surface area contributed by atoms with Crippen molar-refractivity contribution in [1.29, 1.82) is 0 Å². The molecule has 0 spiro atoms. The van der Waals surface area contributed by atoms with E-state index < -0.39 is 5.82 Å². The molecule has 0 atom stereocenters. The molecule has 106 valence electrons. The fourth-order valence-electron chi connectivity index (χ4n) is 2.17. The smallest absolute Gasteiger partial charge is 0.164 e. The number of pyridine rings is 1. The third-order valence-electron chi connectivity index (χ3n) is 3.22. The highest BCUT2D eigenvalue weighted by atomic mass is 35.5. The van der Waals surface area contributed by atoms with Gasteiger partial charge in [-0.3, -0.25) is 4.98 Å². The molecular weight excluding hydrogens is 310 g/mol. The Morgan fingerprint density at radius 2 is 1.86 bits per heavy atom. The summed E-state index contributed by atoms with van der Waals surface area (Å²) >= 11 is 11.9. The normalized spacial score (nSPS) is 10.8. The highest BCUT2D eigenvalue weighted by molar-refractivity contribution is 6.35. The van der Waals surface area contributed by atoms with E-state index in [9.17, 15) is 4.39 Å². The second-order valence-corrected chi connectivity index (χ2v) is 5.38. The van der Waals surface area contributed by atoms with Crippen LogP contribution in [0.5, 0.6) is 0 Å². The lowest BCUT2D eigenvalue weighted by Gasteiger charge is -2.11. The number of nitrogens with one attached hydrogen (secondary N) is 1. The van der Waals surface area contributed by atoms with Gasteiger partial charge in [0.05, 0.1) is 16.2 Å². The largest absolute Gasteiger partial charge is 0.378 e. The van der Waals surface area contributed by atoms with E-state index in [4.69, 9.17) is 23.2 Å². The summed E-state index contributed by atoms with van der Waals surface area (Å²) in [5.41, 5.74) is 2.11. The molecule has 0 unspecified atom stereocenters. The lowest BCUT2D eigenvalue weighted by atomic mass is 10.1. The number of anilines is 1. The molecule has 0 radical (unpaired) electrons. The molecule has 3 aromatic rings. The molecule has 2 aromatic carbocycles. The first-order chi connectivity index (χ1) is 10.2. The Morgan fingerprint density at radius 3 is 2.71 bits per heavy atom. The van der Waals surface area contributed by atoms with Crippen LogP contribution in [0.3, 0.4) is 0 Å². The molecule has 1 aromatic heterocycles. The van der Waals surface area contributed by atoms with Crippen LogP contribution in [-0.2, 0) is 6.54 Å². The molecule has 0 bridgehead atoms.